The number of carbonyl (C=O) groups is 1. The van der Waals surface area contributed by atoms with E-state index in [1.807, 2.05) is 0 Å². The monoisotopic (exact) mass is 254 g/mol. The lowest BCUT2D eigenvalue weighted by molar-refractivity contribution is -0.116. The van der Waals surface area contributed by atoms with Crippen molar-refractivity contribution >= 4 is 5.91 Å². The van der Waals surface area contributed by atoms with E-state index >= 15 is 0 Å². The summed E-state index contributed by atoms with van der Waals surface area (Å²) >= 11 is 0. The number of hydrogen-bond acceptors (Lipinski definition) is 2. The Morgan fingerprint density at radius 2 is 1.61 bits per heavy atom. The molecule has 0 aromatic carbocycles. The predicted molar refractivity (Wildman–Crippen MR) is 78.7 cm³/mol. The molecule has 18 heavy (non-hydrogen) atoms. The Morgan fingerprint density at radius 3 is 2.17 bits per heavy atom. The standard InChI is InChI=1S/C15H30N2O/c1-4-15(18)16-13-11-9-7-8-10-12-14-17(5-2)6-3/h4H,1,5-14H2,2-3H3,(H,16,18). The first-order valence-electron chi connectivity index (χ1n) is 7.37. The van der Waals surface area contributed by atoms with Crippen molar-refractivity contribution in [2.75, 3.05) is 26.2 Å². The van der Waals surface area contributed by atoms with Crippen LogP contribution in [0.15, 0.2) is 12.7 Å². The molecule has 0 aliphatic rings. The van der Waals surface area contributed by atoms with E-state index in [1.54, 1.807) is 0 Å². The summed E-state index contributed by atoms with van der Waals surface area (Å²) in [4.78, 5) is 13.3. The van der Waals surface area contributed by atoms with E-state index < -0.39 is 0 Å². The van der Waals surface area contributed by atoms with Crippen LogP contribution in [0.5, 0.6) is 0 Å². The summed E-state index contributed by atoms with van der Waals surface area (Å²) in [6, 6.07) is 0. The maximum atomic E-state index is 10.9. The van der Waals surface area contributed by atoms with Crippen LogP contribution in [0.25, 0.3) is 0 Å². The summed E-state index contributed by atoms with van der Waals surface area (Å²) in [6.45, 7) is 12.2. The largest absolute Gasteiger partial charge is 0.353 e. The number of hydrogen-bond donors (Lipinski definition) is 1. The van der Waals surface area contributed by atoms with Gasteiger partial charge in [-0.2, -0.15) is 0 Å². The fourth-order valence-corrected chi connectivity index (χ4v) is 1.99. The maximum absolute atomic E-state index is 10.9. The lowest BCUT2D eigenvalue weighted by Gasteiger charge is -2.17. The summed E-state index contributed by atoms with van der Waals surface area (Å²) < 4.78 is 0. The second-order valence-electron chi connectivity index (χ2n) is 4.64. The van der Waals surface area contributed by atoms with E-state index in [0.717, 1.165) is 13.0 Å². The molecule has 0 bridgehead atoms. The van der Waals surface area contributed by atoms with Crippen LogP contribution < -0.4 is 5.32 Å². The van der Waals surface area contributed by atoms with Gasteiger partial charge in [0.1, 0.15) is 0 Å². The third-order valence-corrected chi connectivity index (χ3v) is 3.28. The quantitative estimate of drug-likeness (QED) is 0.429. The van der Waals surface area contributed by atoms with Crippen molar-refractivity contribution in [3.05, 3.63) is 12.7 Å². The van der Waals surface area contributed by atoms with Crippen molar-refractivity contribution in [3.63, 3.8) is 0 Å². The smallest absolute Gasteiger partial charge is 0.243 e. The van der Waals surface area contributed by atoms with Crippen LogP contribution in [0.2, 0.25) is 0 Å². The van der Waals surface area contributed by atoms with Crippen molar-refractivity contribution in [3.8, 4) is 0 Å². The summed E-state index contributed by atoms with van der Waals surface area (Å²) in [7, 11) is 0. The zero-order valence-corrected chi connectivity index (χ0v) is 12.2. The molecule has 0 heterocycles. The van der Waals surface area contributed by atoms with Crippen molar-refractivity contribution in [1.29, 1.82) is 0 Å². The average Bonchev–Trinajstić information content (AvgIpc) is 2.40. The Morgan fingerprint density at radius 1 is 1.06 bits per heavy atom. The van der Waals surface area contributed by atoms with E-state index in [1.165, 1.54) is 57.8 Å². The summed E-state index contributed by atoms with van der Waals surface area (Å²) in [6.07, 6.45) is 8.86. The van der Waals surface area contributed by atoms with Gasteiger partial charge in [0.15, 0.2) is 0 Å². The highest BCUT2D eigenvalue weighted by Gasteiger charge is 1.98. The van der Waals surface area contributed by atoms with Gasteiger partial charge in [-0.05, 0) is 38.6 Å². The van der Waals surface area contributed by atoms with E-state index in [9.17, 15) is 4.79 Å². The Kier molecular flexibility index (Phi) is 12.0. The first-order valence-corrected chi connectivity index (χ1v) is 7.37. The van der Waals surface area contributed by atoms with E-state index in [0.29, 0.717) is 0 Å². The lowest BCUT2D eigenvalue weighted by Crippen LogP contribution is -2.23. The molecule has 0 atom stereocenters. The highest BCUT2D eigenvalue weighted by Crippen LogP contribution is 2.05. The first kappa shape index (κ1) is 17.2. The minimum absolute atomic E-state index is 0.0609. The zero-order valence-electron chi connectivity index (χ0n) is 12.2. The molecule has 0 unspecified atom stereocenters. The predicted octanol–water partition coefficient (Wildman–Crippen LogP) is 2.97. The minimum atomic E-state index is -0.0609. The van der Waals surface area contributed by atoms with Crippen molar-refractivity contribution in [1.82, 2.24) is 10.2 Å². The molecule has 0 fully saturated rings. The van der Waals surface area contributed by atoms with Crippen LogP contribution in [0.1, 0.15) is 52.4 Å². The molecule has 3 nitrogen and oxygen atoms in total. The summed E-state index contributed by atoms with van der Waals surface area (Å²) in [5.41, 5.74) is 0. The molecule has 3 heteroatoms. The van der Waals surface area contributed by atoms with Crippen LogP contribution in [0.4, 0.5) is 0 Å². The number of nitrogens with zero attached hydrogens (tertiary/aromatic N) is 1. The topological polar surface area (TPSA) is 32.3 Å². The summed E-state index contributed by atoms with van der Waals surface area (Å²) in [5, 5.41) is 2.80. The normalized spacial score (nSPS) is 10.6. The van der Waals surface area contributed by atoms with Gasteiger partial charge in [-0.3, -0.25) is 4.79 Å². The van der Waals surface area contributed by atoms with E-state index in [4.69, 9.17) is 0 Å². The first-order chi connectivity index (χ1) is 8.74. The minimum Gasteiger partial charge on any atom is -0.353 e. The summed E-state index contributed by atoms with van der Waals surface area (Å²) in [5.74, 6) is -0.0609. The fourth-order valence-electron chi connectivity index (χ4n) is 1.99. The van der Waals surface area contributed by atoms with Crippen molar-refractivity contribution < 1.29 is 4.79 Å². The Bertz CT molecular complexity index is 213. The third-order valence-electron chi connectivity index (χ3n) is 3.28. The van der Waals surface area contributed by atoms with Crippen LogP contribution in [0.3, 0.4) is 0 Å². The second kappa shape index (κ2) is 12.6. The van der Waals surface area contributed by atoms with E-state index in [-0.39, 0.29) is 5.91 Å². The van der Waals surface area contributed by atoms with Gasteiger partial charge >= 0.3 is 0 Å². The number of unbranched alkanes of at least 4 members (excludes halogenated alkanes) is 5. The van der Waals surface area contributed by atoms with Gasteiger partial charge in [-0.15, -0.1) is 0 Å². The SMILES string of the molecule is C=CC(=O)NCCCCCCCCN(CC)CC. The highest BCUT2D eigenvalue weighted by molar-refractivity contribution is 5.86. The molecule has 1 N–H and O–H groups in total. The molecule has 0 radical (unpaired) electrons. The lowest BCUT2D eigenvalue weighted by atomic mass is 10.1. The van der Waals surface area contributed by atoms with Crippen LogP contribution in [-0.4, -0.2) is 37.0 Å². The molecule has 1 amide bonds. The maximum Gasteiger partial charge on any atom is 0.243 e. The van der Waals surface area contributed by atoms with Crippen LogP contribution >= 0.6 is 0 Å². The van der Waals surface area contributed by atoms with Gasteiger partial charge in [0.2, 0.25) is 5.91 Å². The Hall–Kier alpha value is -0.830. The Labute approximate surface area is 113 Å². The van der Waals surface area contributed by atoms with Gasteiger partial charge in [-0.1, -0.05) is 46.1 Å². The molecule has 0 saturated carbocycles. The number of carbonyl (C=O) groups excluding carboxylic acids is 1. The van der Waals surface area contributed by atoms with E-state index in [2.05, 4.69) is 30.6 Å². The van der Waals surface area contributed by atoms with Gasteiger partial charge in [0.25, 0.3) is 0 Å². The van der Waals surface area contributed by atoms with Crippen LogP contribution in [0, 0.1) is 0 Å². The fraction of sp³-hybridized carbons (Fsp3) is 0.800. The van der Waals surface area contributed by atoms with Crippen molar-refractivity contribution in [2.45, 2.75) is 52.4 Å². The van der Waals surface area contributed by atoms with Gasteiger partial charge in [-0.25, -0.2) is 0 Å². The average molecular weight is 254 g/mol. The van der Waals surface area contributed by atoms with Gasteiger partial charge < -0.3 is 10.2 Å². The molecule has 0 rings (SSSR count). The molecule has 0 saturated heterocycles. The van der Waals surface area contributed by atoms with Gasteiger partial charge in [0.05, 0.1) is 0 Å². The number of nitrogens with one attached hydrogen (secondary N) is 1. The molecule has 106 valence electrons. The highest BCUT2D eigenvalue weighted by atomic mass is 16.1. The second-order valence-corrected chi connectivity index (χ2v) is 4.64. The number of amides is 1. The number of rotatable bonds is 12. The molecule has 0 aromatic heterocycles. The third kappa shape index (κ3) is 10.3. The molecular formula is C15H30N2O. The molecule has 0 aromatic rings. The molecule has 0 spiro atoms. The molecule has 0 aliphatic heterocycles. The Balaban J connectivity index is 3.16. The van der Waals surface area contributed by atoms with Crippen LogP contribution in [-0.2, 0) is 4.79 Å². The van der Waals surface area contributed by atoms with Gasteiger partial charge in [0, 0.05) is 6.54 Å². The van der Waals surface area contributed by atoms with Crippen molar-refractivity contribution in [2.24, 2.45) is 0 Å². The molecule has 0 aliphatic carbocycles. The molecular weight excluding hydrogens is 224 g/mol. The zero-order chi connectivity index (χ0) is 13.6.